The van der Waals surface area contributed by atoms with Crippen LogP contribution in [-0.2, 0) is 9.59 Å². The van der Waals surface area contributed by atoms with E-state index in [0.29, 0.717) is 30.5 Å². The van der Waals surface area contributed by atoms with Gasteiger partial charge in [0.15, 0.2) is 0 Å². The van der Waals surface area contributed by atoms with Gasteiger partial charge in [0.25, 0.3) is 11.8 Å². The van der Waals surface area contributed by atoms with Crippen molar-refractivity contribution in [2.45, 2.75) is 0 Å². The third-order valence-electron chi connectivity index (χ3n) is 4.25. The number of carbonyl (C=O) groups is 2. The van der Waals surface area contributed by atoms with E-state index in [1.54, 1.807) is 18.2 Å². The van der Waals surface area contributed by atoms with Crippen LogP contribution >= 0.6 is 45.8 Å². The molecule has 1 aliphatic rings. The van der Waals surface area contributed by atoms with Crippen molar-refractivity contribution in [1.82, 2.24) is 5.43 Å². The molecule has 0 aliphatic carbocycles. The Hall–Kier alpha value is -1.77. The first-order chi connectivity index (χ1) is 13.5. The summed E-state index contributed by atoms with van der Waals surface area (Å²) in [4.78, 5) is 27.1. The average molecular weight is 530 g/mol. The van der Waals surface area contributed by atoms with Crippen molar-refractivity contribution in [2.75, 3.05) is 34.8 Å². The number of hydrogen-bond donors (Lipinski definition) is 1. The molecule has 0 saturated carbocycles. The van der Waals surface area contributed by atoms with Crippen molar-refractivity contribution in [3.8, 4) is 0 Å². The van der Waals surface area contributed by atoms with Crippen LogP contribution in [0, 0.1) is 3.57 Å². The molecule has 8 heteroatoms. The molecule has 1 aliphatic heterocycles. The fourth-order valence-electron chi connectivity index (χ4n) is 2.85. The molecule has 146 valence electrons. The highest BCUT2D eigenvalue weighted by atomic mass is 127. The van der Waals surface area contributed by atoms with Crippen molar-refractivity contribution in [3.05, 3.63) is 63.2 Å². The van der Waals surface area contributed by atoms with Crippen LogP contribution in [0.1, 0.15) is 5.56 Å². The second kappa shape index (κ2) is 9.62. The Morgan fingerprint density at radius 1 is 0.964 bits per heavy atom. The highest BCUT2D eigenvalue weighted by Gasteiger charge is 2.34. The molecule has 0 bridgehead atoms. The van der Waals surface area contributed by atoms with Gasteiger partial charge >= 0.3 is 0 Å². The van der Waals surface area contributed by atoms with Crippen molar-refractivity contribution >= 4 is 75.1 Å². The van der Waals surface area contributed by atoms with E-state index < -0.39 is 5.91 Å². The van der Waals surface area contributed by atoms with E-state index in [9.17, 15) is 9.59 Å². The summed E-state index contributed by atoms with van der Waals surface area (Å²) in [5.74, 6) is 0.219. The molecule has 0 aromatic heterocycles. The van der Waals surface area contributed by atoms with Crippen molar-refractivity contribution in [2.24, 2.45) is 0 Å². The summed E-state index contributed by atoms with van der Waals surface area (Å²) in [6, 6.07) is 14.9. The van der Waals surface area contributed by atoms with Crippen LogP contribution in [0.2, 0.25) is 0 Å². The Balaban J connectivity index is 1.80. The van der Waals surface area contributed by atoms with Crippen LogP contribution in [0.3, 0.4) is 0 Å². The Morgan fingerprint density at radius 3 is 2.14 bits per heavy atom. The summed E-state index contributed by atoms with van der Waals surface area (Å²) in [5.41, 5.74) is 5.09. The first kappa shape index (κ1) is 21.0. The Kier molecular flexibility index (Phi) is 7.20. The molecule has 1 heterocycles. The van der Waals surface area contributed by atoms with Gasteiger partial charge in [-0.2, -0.15) is 0 Å². The lowest BCUT2D eigenvalue weighted by Gasteiger charge is -2.22. The van der Waals surface area contributed by atoms with Gasteiger partial charge in [0.1, 0.15) is 5.57 Å². The molecule has 0 unspecified atom stereocenters. The summed E-state index contributed by atoms with van der Waals surface area (Å²) in [5, 5.41) is 1.27. The third-order valence-corrected chi connectivity index (χ3v) is 5.31. The number of rotatable bonds is 7. The first-order valence-corrected chi connectivity index (χ1v) is 10.8. The Bertz CT molecular complexity index is 879. The standard InChI is InChI=1S/C20H18Cl2IN3O2/c21-9-11-25(12-10-22)16-5-1-14(2-6-16)13-18-19(27)24-26(20(18)28)17-7-3-15(23)4-8-17/h1-8,13H,9-12H2,(H,24,27)/b18-13+. The molecule has 28 heavy (non-hydrogen) atoms. The molecule has 0 spiro atoms. The summed E-state index contributed by atoms with van der Waals surface area (Å²) in [6.07, 6.45) is 1.60. The zero-order valence-corrected chi connectivity index (χ0v) is 18.5. The molecule has 3 rings (SSSR count). The number of carbonyl (C=O) groups excluding carboxylic acids is 2. The second-order valence-electron chi connectivity index (χ2n) is 6.07. The van der Waals surface area contributed by atoms with Crippen molar-refractivity contribution < 1.29 is 9.59 Å². The predicted molar refractivity (Wildman–Crippen MR) is 123 cm³/mol. The molecule has 2 amide bonds. The zero-order valence-electron chi connectivity index (χ0n) is 14.9. The smallest absolute Gasteiger partial charge is 0.282 e. The zero-order chi connectivity index (χ0) is 20.1. The van der Waals surface area contributed by atoms with E-state index in [1.807, 2.05) is 36.4 Å². The second-order valence-corrected chi connectivity index (χ2v) is 8.07. The van der Waals surface area contributed by atoms with Crippen LogP contribution in [-0.4, -0.2) is 36.7 Å². The summed E-state index contributed by atoms with van der Waals surface area (Å²) < 4.78 is 1.05. The van der Waals surface area contributed by atoms with Gasteiger partial charge < -0.3 is 4.90 Å². The van der Waals surface area contributed by atoms with Gasteiger partial charge in [-0.1, -0.05) is 12.1 Å². The number of hydrazine groups is 1. The van der Waals surface area contributed by atoms with Gasteiger partial charge in [-0.3, -0.25) is 15.0 Å². The quantitative estimate of drug-likeness (QED) is 0.255. The minimum absolute atomic E-state index is 0.102. The van der Waals surface area contributed by atoms with Crippen LogP contribution in [0.25, 0.3) is 6.08 Å². The summed E-state index contributed by atoms with van der Waals surface area (Å²) in [7, 11) is 0. The lowest BCUT2D eigenvalue weighted by molar-refractivity contribution is -0.117. The number of nitrogens with one attached hydrogen (secondary N) is 1. The minimum Gasteiger partial charge on any atom is -0.369 e. The summed E-state index contributed by atoms with van der Waals surface area (Å²) in [6.45, 7) is 1.39. The van der Waals surface area contributed by atoms with Gasteiger partial charge in [-0.05, 0) is 70.6 Å². The van der Waals surface area contributed by atoms with Gasteiger partial charge in [-0.25, -0.2) is 5.01 Å². The number of benzene rings is 2. The van der Waals surface area contributed by atoms with Crippen molar-refractivity contribution in [1.29, 1.82) is 0 Å². The fourth-order valence-corrected chi connectivity index (χ4v) is 3.62. The highest BCUT2D eigenvalue weighted by Crippen LogP contribution is 2.23. The van der Waals surface area contributed by atoms with E-state index in [2.05, 4.69) is 32.9 Å². The molecular weight excluding hydrogens is 512 g/mol. The molecule has 1 fully saturated rings. The van der Waals surface area contributed by atoms with E-state index in [-0.39, 0.29) is 11.5 Å². The number of nitrogens with zero attached hydrogens (tertiary/aromatic N) is 2. The van der Waals surface area contributed by atoms with Crippen LogP contribution in [0.5, 0.6) is 0 Å². The van der Waals surface area contributed by atoms with Gasteiger partial charge in [0.2, 0.25) is 0 Å². The minimum atomic E-state index is -0.418. The van der Waals surface area contributed by atoms with Crippen LogP contribution < -0.4 is 15.3 Å². The highest BCUT2D eigenvalue weighted by molar-refractivity contribution is 14.1. The monoisotopic (exact) mass is 529 g/mol. The van der Waals surface area contributed by atoms with Crippen LogP contribution in [0.4, 0.5) is 11.4 Å². The maximum absolute atomic E-state index is 12.7. The Labute approximate surface area is 187 Å². The topological polar surface area (TPSA) is 52.7 Å². The van der Waals surface area contributed by atoms with E-state index in [0.717, 1.165) is 14.8 Å². The van der Waals surface area contributed by atoms with Crippen LogP contribution in [0.15, 0.2) is 54.1 Å². The lowest BCUT2D eigenvalue weighted by atomic mass is 10.1. The lowest BCUT2D eigenvalue weighted by Crippen LogP contribution is -2.35. The number of halogens is 3. The van der Waals surface area contributed by atoms with Crippen molar-refractivity contribution in [3.63, 3.8) is 0 Å². The van der Waals surface area contributed by atoms with E-state index in [1.165, 1.54) is 5.01 Å². The maximum Gasteiger partial charge on any atom is 0.282 e. The molecule has 5 nitrogen and oxygen atoms in total. The Morgan fingerprint density at radius 2 is 1.57 bits per heavy atom. The maximum atomic E-state index is 12.7. The number of amides is 2. The van der Waals surface area contributed by atoms with Gasteiger partial charge in [-0.15, -0.1) is 23.2 Å². The van der Waals surface area contributed by atoms with E-state index >= 15 is 0 Å². The number of alkyl halides is 2. The number of hydrogen-bond acceptors (Lipinski definition) is 3. The fraction of sp³-hybridized carbons (Fsp3) is 0.200. The SMILES string of the molecule is O=C1NN(c2ccc(I)cc2)C(=O)/C1=C/c1ccc(N(CCCl)CCCl)cc1. The molecule has 1 N–H and O–H groups in total. The van der Waals surface area contributed by atoms with Gasteiger partial charge in [0.05, 0.1) is 5.69 Å². The normalized spacial score (nSPS) is 15.2. The molecule has 0 atom stereocenters. The molecule has 1 saturated heterocycles. The molecule has 2 aromatic rings. The van der Waals surface area contributed by atoms with Gasteiger partial charge in [0, 0.05) is 34.1 Å². The summed E-state index contributed by atoms with van der Waals surface area (Å²) >= 11 is 13.9. The molecule has 2 aromatic carbocycles. The number of anilines is 2. The van der Waals surface area contributed by atoms with E-state index in [4.69, 9.17) is 23.2 Å². The average Bonchev–Trinajstić information content (AvgIpc) is 2.97. The predicted octanol–water partition coefficient (Wildman–Crippen LogP) is 4.04. The third kappa shape index (κ3) is 4.79. The first-order valence-electron chi connectivity index (χ1n) is 8.63. The molecular formula is C20H18Cl2IN3O2. The molecule has 0 radical (unpaired) electrons. The largest absolute Gasteiger partial charge is 0.369 e.